The predicted molar refractivity (Wildman–Crippen MR) is 147 cm³/mol. The minimum Gasteiger partial charge on any atom is -0.477 e. The van der Waals surface area contributed by atoms with Gasteiger partial charge >= 0.3 is 0 Å². The first kappa shape index (κ1) is 28.2. The molecule has 0 saturated carbocycles. The van der Waals surface area contributed by atoms with Crippen molar-refractivity contribution in [3.05, 3.63) is 47.1 Å². The molecule has 2 aliphatic rings. The van der Waals surface area contributed by atoms with Crippen LogP contribution in [0.5, 0.6) is 5.75 Å². The molecule has 2 fully saturated rings. The SMILES string of the molecule is CC(C)NC(=O)c1ccc(N2[C@@H]3CC[C@H]2C[C@@H](NC(=O)C(C)(C)Oc2ccc(Cl)cc2S(C)(=O)=O)C3)nc1. The zero-order valence-corrected chi connectivity index (χ0v) is 23.9. The fourth-order valence-corrected chi connectivity index (χ4v) is 6.28. The van der Waals surface area contributed by atoms with Gasteiger partial charge in [0.05, 0.1) is 5.56 Å². The molecular weight excluding hydrogens is 528 g/mol. The molecule has 2 aliphatic heterocycles. The summed E-state index contributed by atoms with van der Waals surface area (Å²) in [5, 5.41) is 6.27. The highest BCUT2D eigenvalue weighted by Crippen LogP contribution is 2.39. The summed E-state index contributed by atoms with van der Waals surface area (Å²) in [6, 6.07) is 8.46. The van der Waals surface area contributed by atoms with Gasteiger partial charge in [0.2, 0.25) is 0 Å². The maximum Gasteiger partial charge on any atom is 0.263 e. The molecule has 0 aliphatic carbocycles. The molecule has 1 aromatic carbocycles. The average Bonchev–Trinajstić information content (AvgIpc) is 3.09. The molecule has 2 amide bonds. The standard InChI is InChI=1S/C27H35ClN4O5S/c1-16(2)30-25(33)17-6-11-24(29-15-17)32-20-8-9-21(32)14-19(13-20)31-26(34)27(3,4)37-22-10-7-18(28)12-23(22)38(5,35)36/h6-7,10-12,15-16,19-21H,8-9,13-14H2,1-5H3,(H,30,33)(H,31,34)/t19-,20+,21-. The molecule has 0 radical (unpaired) electrons. The topological polar surface area (TPSA) is 118 Å². The maximum atomic E-state index is 13.3. The monoisotopic (exact) mass is 562 g/mol. The molecule has 2 saturated heterocycles. The number of carbonyl (C=O) groups excluding carboxylic acids is 2. The van der Waals surface area contributed by atoms with Crippen LogP contribution < -0.4 is 20.3 Å². The van der Waals surface area contributed by atoms with Crippen molar-refractivity contribution in [1.82, 2.24) is 15.6 Å². The minimum atomic E-state index is -3.61. The number of halogens is 1. The van der Waals surface area contributed by atoms with E-state index in [1.165, 1.54) is 18.2 Å². The number of fused-ring (bicyclic) bond motifs is 2. The number of pyridine rings is 1. The molecular formula is C27H35ClN4O5S. The first-order valence-corrected chi connectivity index (χ1v) is 15.1. The van der Waals surface area contributed by atoms with E-state index in [1.54, 1.807) is 26.1 Å². The van der Waals surface area contributed by atoms with Crippen molar-refractivity contribution < 1.29 is 22.7 Å². The van der Waals surface area contributed by atoms with Crippen LogP contribution >= 0.6 is 11.6 Å². The van der Waals surface area contributed by atoms with Crippen molar-refractivity contribution >= 4 is 39.1 Å². The van der Waals surface area contributed by atoms with Crippen molar-refractivity contribution in [2.75, 3.05) is 11.2 Å². The Bertz CT molecular complexity index is 1300. The van der Waals surface area contributed by atoms with Gasteiger partial charge in [-0.2, -0.15) is 0 Å². The molecule has 2 bridgehead atoms. The summed E-state index contributed by atoms with van der Waals surface area (Å²) in [4.78, 5) is 32.3. The Kier molecular flexibility index (Phi) is 7.95. The number of hydrogen-bond donors (Lipinski definition) is 2. The number of amides is 2. The van der Waals surface area contributed by atoms with E-state index >= 15 is 0 Å². The number of benzene rings is 1. The number of sulfone groups is 1. The highest BCUT2D eigenvalue weighted by atomic mass is 35.5. The number of anilines is 1. The lowest BCUT2D eigenvalue weighted by Gasteiger charge is -2.41. The Hall–Kier alpha value is -2.85. The summed E-state index contributed by atoms with van der Waals surface area (Å²) in [7, 11) is -3.61. The Morgan fingerprint density at radius 2 is 1.79 bits per heavy atom. The van der Waals surface area contributed by atoms with Gasteiger partial charge in [0.25, 0.3) is 11.8 Å². The van der Waals surface area contributed by atoms with E-state index in [4.69, 9.17) is 16.3 Å². The highest BCUT2D eigenvalue weighted by molar-refractivity contribution is 7.90. The summed E-state index contributed by atoms with van der Waals surface area (Å²) in [5.74, 6) is 0.463. The van der Waals surface area contributed by atoms with Crippen molar-refractivity contribution in [1.29, 1.82) is 0 Å². The van der Waals surface area contributed by atoms with Crippen LogP contribution in [0.4, 0.5) is 5.82 Å². The van der Waals surface area contributed by atoms with Crippen LogP contribution in [0.2, 0.25) is 5.02 Å². The van der Waals surface area contributed by atoms with Crippen LogP contribution in [-0.2, 0) is 14.6 Å². The van der Waals surface area contributed by atoms with Gasteiger partial charge in [-0.25, -0.2) is 13.4 Å². The molecule has 2 aromatic rings. The average molecular weight is 563 g/mol. The van der Waals surface area contributed by atoms with Crippen LogP contribution in [0.3, 0.4) is 0 Å². The maximum absolute atomic E-state index is 13.3. The Morgan fingerprint density at radius 3 is 2.34 bits per heavy atom. The fraction of sp³-hybridized carbons (Fsp3) is 0.519. The molecule has 38 heavy (non-hydrogen) atoms. The quantitative estimate of drug-likeness (QED) is 0.503. The van der Waals surface area contributed by atoms with Gasteiger partial charge in [-0.1, -0.05) is 11.6 Å². The van der Waals surface area contributed by atoms with E-state index in [0.717, 1.165) is 37.8 Å². The number of aromatic nitrogens is 1. The zero-order chi connectivity index (χ0) is 27.8. The third-order valence-corrected chi connectivity index (χ3v) is 8.33. The van der Waals surface area contributed by atoms with Crippen molar-refractivity contribution in [2.45, 2.75) is 88.0 Å². The lowest BCUT2D eigenvalue weighted by atomic mass is 9.96. The van der Waals surface area contributed by atoms with E-state index in [-0.39, 0.29) is 51.6 Å². The Balaban J connectivity index is 1.41. The van der Waals surface area contributed by atoms with Gasteiger partial charge in [-0.05, 0) is 83.7 Å². The van der Waals surface area contributed by atoms with Gasteiger partial charge in [-0.15, -0.1) is 0 Å². The number of rotatable bonds is 8. The second kappa shape index (κ2) is 10.7. The van der Waals surface area contributed by atoms with Gasteiger partial charge in [0.15, 0.2) is 15.4 Å². The lowest BCUT2D eigenvalue weighted by Crippen LogP contribution is -2.55. The predicted octanol–water partition coefficient (Wildman–Crippen LogP) is 3.75. The van der Waals surface area contributed by atoms with Crippen molar-refractivity contribution in [2.24, 2.45) is 0 Å². The minimum absolute atomic E-state index is 0.0465. The molecule has 206 valence electrons. The van der Waals surface area contributed by atoms with Gasteiger partial charge in [0, 0.05) is 41.6 Å². The fourth-order valence-electron chi connectivity index (χ4n) is 5.22. The number of carbonyl (C=O) groups is 2. The Labute approximate surface area is 229 Å². The highest BCUT2D eigenvalue weighted by Gasteiger charge is 2.43. The smallest absolute Gasteiger partial charge is 0.263 e. The van der Waals surface area contributed by atoms with Crippen LogP contribution in [-0.4, -0.2) is 61.2 Å². The number of hydrogen-bond acceptors (Lipinski definition) is 7. The number of ether oxygens (including phenoxy) is 1. The van der Waals surface area contributed by atoms with E-state index < -0.39 is 15.4 Å². The third kappa shape index (κ3) is 6.23. The summed E-state index contributed by atoms with van der Waals surface area (Å²) in [6.07, 6.45) is 6.19. The largest absolute Gasteiger partial charge is 0.477 e. The molecule has 3 atom stereocenters. The van der Waals surface area contributed by atoms with Gasteiger partial charge in [-0.3, -0.25) is 9.59 Å². The van der Waals surface area contributed by atoms with E-state index in [1.807, 2.05) is 19.9 Å². The first-order chi connectivity index (χ1) is 17.7. The second-order valence-electron chi connectivity index (χ2n) is 10.9. The molecule has 0 spiro atoms. The molecule has 11 heteroatoms. The molecule has 9 nitrogen and oxygen atoms in total. The molecule has 0 unspecified atom stereocenters. The summed E-state index contributed by atoms with van der Waals surface area (Å²) in [5.41, 5.74) is -0.781. The second-order valence-corrected chi connectivity index (χ2v) is 13.4. The first-order valence-electron chi connectivity index (χ1n) is 12.8. The zero-order valence-electron chi connectivity index (χ0n) is 22.3. The van der Waals surface area contributed by atoms with E-state index in [0.29, 0.717) is 5.56 Å². The number of piperidine rings is 1. The molecule has 4 rings (SSSR count). The van der Waals surface area contributed by atoms with Crippen LogP contribution in [0.1, 0.15) is 63.7 Å². The molecule has 3 heterocycles. The van der Waals surface area contributed by atoms with Crippen LogP contribution in [0, 0.1) is 0 Å². The normalized spacial score (nSPS) is 21.3. The lowest BCUT2D eigenvalue weighted by molar-refractivity contribution is -0.135. The van der Waals surface area contributed by atoms with Crippen molar-refractivity contribution in [3.8, 4) is 5.75 Å². The molecule has 1 aromatic heterocycles. The van der Waals surface area contributed by atoms with Crippen molar-refractivity contribution in [3.63, 3.8) is 0 Å². The summed E-state index contributed by atoms with van der Waals surface area (Å²) in [6.45, 7) is 7.07. The number of nitrogens with zero attached hydrogens (tertiary/aromatic N) is 2. The van der Waals surface area contributed by atoms with Crippen LogP contribution in [0.15, 0.2) is 41.4 Å². The van der Waals surface area contributed by atoms with Crippen LogP contribution in [0.25, 0.3) is 0 Å². The van der Waals surface area contributed by atoms with E-state index in [9.17, 15) is 18.0 Å². The van der Waals surface area contributed by atoms with Gasteiger partial charge < -0.3 is 20.3 Å². The number of nitrogens with one attached hydrogen (secondary N) is 2. The molecule has 2 N–H and O–H groups in total. The Morgan fingerprint density at radius 1 is 1.13 bits per heavy atom. The summed E-state index contributed by atoms with van der Waals surface area (Å²) >= 11 is 5.99. The third-order valence-electron chi connectivity index (χ3n) is 6.98. The summed E-state index contributed by atoms with van der Waals surface area (Å²) < 4.78 is 30.4. The van der Waals surface area contributed by atoms with Gasteiger partial charge in [0.1, 0.15) is 16.5 Å². The van der Waals surface area contributed by atoms with E-state index in [2.05, 4.69) is 20.5 Å².